The van der Waals surface area contributed by atoms with Crippen LogP contribution < -0.4 is 4.74 Å². The van der Waals surface area contributed by atoms with Crippen molar-refractivity contribution in [1.29, 1.82) is 0 Å². The normalized spacial score (nSPS) is 10.2. The quantitative estimate of drug-likeness (QED) is 0.624. The van der Waals surface area contributed by atoms with Gasteiger partial charge in [-0.3, -0.25) is 0 Å². The Bertz CT molecular complexity index is 490. The number of benzene rings is 1. The van der Waals surface area contributed by atoms with Gasteiger partial charge in [-0.25, -0.2) is 0 Å². The van der Waals surface area contributed by atoms with Crippen LogP contribution in [0.15, 0.2) is 41.3 Å². The first-order valence-electron chi connectivity index (χ1n) is 5.03. The van der Waals surface area contributed by atoms with Gasteiger partial charge in [0.2, 0.25) is 5.88 Å². The van der Waals surface area contributed by atoms with Gasteiger partial charge in [0.05, 0.1) is 11.6 Å². The van der Waals surface area contributed by atoms with Gasteiger partial charge in [0, 0.05) is 11.0 Å². The highest BCUT2D eigenvalue weighted by Gasteiger charge is 2.04. The van der Waals surface area contributed by atoms with Crippen LogP contribution in [-0.2, 0) is 5.88 Å². The lowest BCUT2D eigenvalue weighted by atomic mass is 10.3. The number of nitrogens with zero attached hydrogens (tertiary/aromatic N) is 2. The summed E-state index contributed by atoms with van der Waals surface area (Å²) in [5.41, 5.74) is 0.733. The topological polar surface area (TPSA) is 35.0 Å². The lowest BCUT2D eigenvalue weighted by Crippen LogP contribution is -1.94. The van der Waals surface area contributed by atoms with Gasteiger partial charge >= 0.3 is 0 Å². The Kier molecular flexibility index (Phi) is 4.23. The third kappa shape index (κ3) is 3.11. The van der Waals surface area contributed by atoms with Crippen LogP contribution in [0, 0.1) is 0 Å². The van der Waals surface area contributed by atoms with Gasteiger partial charge in [0.15, 0.2) is 0 Å². The highest BCUT2D eigenvalue weighted by atomic mass is 35.5. The molecule has 1 aromatic heterocycles. The highest BCUT2D eigenvalue weighted by Crippen LogP contribution is 2.30. The number of ether oxygens (including phenoxy) is 1. The molecule has 0 fully saturated rings. The fraction of sp³-hybridized carbons (Fsp3) is 0.167. The van der Waals surface area contributed by atoms with Crippen LogP contribution in [0.3, 0.4) is 0 Å². The van der Waals surface area contributed by atoms with Crippen molar-refractivity contribution < 1.29 is 4.74 Å². The van der Waals surface area contributed by atoms with Gasteiger partial charge in [-0.05, 0) is 24.5 Å². The van der Waals surface area contributed by atoms with Crippen molar-refractivity contribution in [2.24, 2.45) is 0 Å². The molecule has 2 aromatic rings. The molecule has 17 heavy (non-hydrogen) atoms. The summed E-state index contributed by atoms with van der Waals surface area (Å²) in [5, 5.41) is 7.89. The average Bonchev–Trinajstić information content (AvgIpc) is 2.40. The number of alkyl halides is 1. The molecular formula is C12H11ClN2OS. The van der Waals surface area contributed by atoms with Gasteiger partial charge in [-0.2, -0.15) is 5.10 Å². The lowest BCUT2D eigenvalue weighted by Gasteiger charge is -2.07. The van der Waals surface area contributed by atoms with Crippen LogP contribution >= 0.6 is 23.4 Å². The molecule has 0 atom stereocenters. The zero-order chi connectivity index (χ0) is 12.1. The van der Waals surface area contributed by atoms with E-state index in [2.05, 4.69) is 10.2 Å². The maximum absolute atomic E-state index is 5.66. The molecule has 0 aliphatic heterocycles. The Balaban J connectivity index is 2.19. The predicted molar refractivity (Wildman–Crippen MR) is 69.9 cm³/mol. The van der Waals surface area contributed by atoms with E-state index in [4.69, 9.17) is 16.3 Å². The fourth-order valence-corrected chi connectivity index (χ4v) is 1.96. The fourth-order valence-electron chi connectivity index (χ4n) is 1.29. The smallest absolute Gasteiger partial charge is 0.238 e. The number of thioether (sulfide) groups is 1. The second-order valence-corrected chi connectivity index (χ2v) is 4.36. The summed E-state index contributed by atoms with van der Waals surface area (Å²) in [4.78, 5) is 1.07. The van der Waals surface area contributed by atoms with E-state index in [1.54, 1.807) is 23.9 Å². The molecule has 1 aromatic carbocycles. The summed E-state index contributed by atoms with van der Waals surface area (Å²) in [6.07, 6.45) is 2.00. The predicted octanol–water partition coefficient (Wildman–Crippen LogP) is 3.73. The number of aromatic nitrogens is 2. The van der Waals surface area contributed by atoms with Crippen LogP contribution in [0.2, 0.25) is 0 Å². The van der Waals surface area contributed by atoms with Gasteiger partial charge in [0.1, 0.15) is 5.75 Å². The lowest BCUT2D eigenvalue weighted by molar-refractivity contribution is 0.444. The summed E-state index contributed by atoms with van der Waals surface area (Å²) in [5.74, 6) is 1.61. The first-order chi connectivity index (χ1) is 8.33. The van der Waals surface area contributed by atoms with Crippen LogP contribution in [-0.4, -0.2) is 16.5 Å². The molecular weight excluding hydrogens is 256 g/mol. The molecule has 5 heteroatoms. The molecule has 0 aliphatic rings. The van der Waals surface area contributed by atoms with E-state index in [-0.39, 0.29) is 0 Å². The summed E-state index contributed by atoms with van der Waals surface area (Å²) < 4.78 is 5.66. The largest absolute Gasteiger partial charge is 0.436 e. The molecule has 0 bridgehead atoms. The molecule has 0 aliphatic carbocycles. The SMILES string of the molecule is CSc1ccccc1Oc1ccc(CCl)nn1. The Labute approximate surface area is 109 Å². The first-order valence-corrected chi connectivity index (χ1v) is 6.79. The summed E-state index contributed by atoms with van der Waals surface area (Å²) in [6.45, 7) is 0. The van der Waals surface area contributed by atoms with Crippen molar-refractivity contribution in [2.75, 3.05) is 6.26 Å². The Morgan fingerprint density at radius 3 is 2.65 bits per heavy atom. The number of hydrogen-bond acceptors (Lipinski definition) is 4. The second-order valence-electron chi connectivity index (χ2n) is 3.25. The van der Waals surface area contributed by atoms with E-state index in [0.717, 1.165) is 16.3 Å². The molecule has 0 unspecified atom stereocenters. The van der Waals surface area contributed by atoms with Crippen molar-refractivity contribution in [1.82, 2.24) is 10.2 Å². The van der Waals surface area contributed by atoms with E-state index in [0.29, 0.717) is 11.8 Å². The van der Waals surface area contributed by atoms with Crippen molar-refractivity contribution in [2.45, 2.75) is 10.8 Å². The second kappa shape index (κ2) is 5.89. The Morgan fingerprint density at radius 2 is 2.00 bits per heavy atom. The zero-order valence-electron chi connectivity index (χ0n) is 9.26. The summed E-state index contributed by atoms with van der Waals surface area (Å²) in [7, 11) is 0. The zero-order valence-corrected chi connectivity index (χ0v) is 10.8. The molecule has 0 saturated heterocycles. The van der Waals surface area contributed by atoms with E-state index in [1.165, 1.54) is 0 Å². The van der Waals surface area contributed by atoms with Crippen molar-refractivity contribution in [3.05, 3.63) is 42.1 Å². The third-order valence-electron chi connectivity index (χ3n) is 2.12. The van der Waals surface area contributed by atoms with Gasteiger partial charge in [-0.15, -0.1) is 28.5 Å². The molecule has 1 heterocycles. The average molecular weight is 267 g/mol. The Hall–Kier alpha value is -1.26. The molecule has 0 amide bonds. The highest BCUT2D eigenvalue weighted by molar-refractivity contribution is 7.98. The van der Waals surface area contributed by atoms with Gasteiger partial charge in [0.25, 0.3) is 0 Å². The Morgan fingerprint density at radius 1 is 1.18 bits per heavy atom. The summed E-state index contributed by atoms with van der Waals surface area (Å²) >= 11 is 7.27. The number of halogens is 1. The summed E-state index contributed by atoms with van der Waals surface area (Å²) in [6, 6.07) is 11.4. The number of rotatable bonds is 4. The van der Waals surface area contributed by atoms with Crippen LogP contribution in [0.25, 0.3) is 0 Å². The molecule has 0 radical (unpaired) electrons. The van der Waals surface area contributed by atoms with Crippen molar-refractivity contribution in [3.63, 3.8) is 0 Å². The first kappa shape index (κ1) is 12.2. The molecule has 0 N–H and O–H groups in total. The third-order valence-corrected chi connectivity index (χ3v) is 3.17. The molecule has 2 rings (SSSR count). The minimum absolute atomic E-state index is 0.356. The van der Waals surface area contributed by atoms with E-state index in [9.17, 15) is 0 Å². The van der Waals surface area contributed by atoms with Gasteiger partial charge < -0.3 is 4.74 Å². The minimum Gasteiger partial charge on any atom is -0.436 e. The van der Waals surface area contributed by atoms with E-state index >= 15 is 0 Å². The number of hydrogen-bond donors (Lipinski definition) is 0. The monoisotopic (exact) mass is 266 g/mol. The van der Waals surface area contributed by atoms with Crippen LogP contribution in [0.1, 0.15) is 5.69 Å². The van der Waals surface area contributed by atoms with Crippen molar-refractivity contribution >= 4 is 23.4 Å². The standard InChI is InChI=1S/C12H11ClN2OS/c1-17-11-5-3-2-4-10(11)16-12-7-6-9(8-13)14-15-12/h2-7H,8H2,1H3. The molecule has 3 nitrogen and oxygen atoms in total. The number of para-hydroxylation sites is 1. The molecule has 0 spiro atoms. The van der Waals surface area contributed by atoms with Gasteiger partial charge in [-0.1, -0.05) is 12.1 Å². The van der Waals surface area contributed by atoms with E-state index in [1.807, 2.05) is 30.5 Å². The van der Waals surface area contributed by atoms with Crippen LogP contribution in [0.4, 0.5) is 0 Å². The molecule has 88 valence electrons. The molecule has 0 saturated carbocycles. The minimum atomic E-state index is 0.356. The maximum atomic E-state index is 5.66. The van der Waals surface area contributed by atoms with Crippen LogP contribution in [0.5, 0.6) is 11.6 Å². The van der Waals surface area contributed by atoms with Crippen molar-refractivity contribution in [3.8, 4) is 11.6 Å². The maximum Gasteiger partial charge on any atom is 0.238 e. The van der Waals surface area contributed by atoms with E-state index < -0.39 is 0 Å².